The SMILES string of the molecule is COc1cc2c(cc1O)/C(=N/N)C[C@@H]1[C@@H]2CC[C@]2(C)[C@@H](O)CC[C@@H]12. The summed E-state index contributed by atoms with van der Waals surface area (Å²) < 4.78 is 5.32. The van der Waals surface area contributed by atoms with Crippen LogP contribution in [-0.2, 0) is 0 Å². The van der Waals surface area contributed by atoms with Gasteiger partial charge >= 0.3 is 0 Å². The zero-order valence-corrected chi connectivity index (χ0v) is 14.3. The first-order chi connectivity index (χ1) is 11.5. The van der Waals surface area contributed by atoms with Gasteiger partial charge in [0.25, 0.3) is 0 Å². The second-order valence-corrected chi connectivity index (χ2v) is 7.91. The highest BCUT2D eigenvalue weighted by molar-refractivity contribution is 6.03. The lowest BCUT2D eigenvalue weighted by molar-refractivity contribution is -0.0177. The molecule has 3 aliphatic carbocycles. The number of benzene rings is 1. The minimum atomic E-state index is -0.197. The summed E-state index contributed by atoms with van der Waals surface area (Å²) >= 11 is 0. The Morgan fingerprint density at radius 3 is 2.79 bits per heavy atom. The number of methoxy groups -OCH3 is 1. The molecule has 3 aliphatic rings. The third-order valence-electron chi connectivity index (χ3n) is 7.03. The maximum Gasteiger partial charge on any atom is 0.160 e. The largest absolute Gasteiger partial charge is 0.504 e. The van der Waals surface area contributed by atoms with E-state index in [1.807, 2.05) is 6.07 Å². The van der Waals surface area contributed by atoms with Gasteiger partial charge in [-0.05, 0) is 73.0 Å². The Bertz CT molecular complexity index is 702. The Labute approximate surface area is 142 Å². The number of aliphatic hydroxyl groups excluding tert-OH is 1. The van der Waals surface area contributed by atoms with Crippen LogP contribution in [0.25, 0.3) is 0 Å². The van der Waals surface area contributed by atoms with Crippen molar-refractivity contribution in [2.24, 2.45) is 28.2 Å². The second kappa shape index (κ2) is 5.38. The fraction of sp³-hybridized carbons (Fsp3) is 0.632. The molecule has 0 aliphatic heterocycles. The number of aromatic hydroxyl groups is 1. The van der Waals surface area contributed by atoms with Crippen molar-refractivity contribution in [2.45, 2.75) is 51.0 Å². The molecule has 0 heterocycles. The molecule has 0 saturated heterocycles. The predicted octanol–water partition coefficient (Wildman–Crippen LogP) is 2.74. The second-order valence-electron chi connectivity index (χ2n) is 7.91. The summed E-state index contributed by atoms with van der Waals surface area (Å²) in [7, 11) is 1.57. The van der Waals surface area contributed by atoms with E-state index in [0.29, 0.717) is 23.5 Å². The van der Waals surface area contributed by atoms with Crippen molar-refractivity contribution in [1.29, 1.82) is 0 Å². The Morgan fingerprint density at radius 2 is 2.08 bits per heavy atom. The van der Waals surface area contributed by atoms with Gasteiger partial charge in [0.15, 0.2) is 11.5 Å². The molecular formula is C19H26N2O3. The van der Waals surface area contributed by atoms with Gasteiger partial charge in [-0.2, -0.15) is 5.10 Å². The zero-order chi connectivity index (χ0) is 17.1. The van der Waals surface area contributed by atoms with Crippen molar-refractivity contribution in [3.05, 3.63) is 23.3 Å². The number of nitrogens with two attached hydrogens (primary N) is 1. The van der Waals surface area contributed by atoms with Crippen LogP contribution in [0, 0.1) is 17.3 Å². The summed E-state index contributed by atoms with van der Waals surface area (Å²) in [4.78, 5) is 0. The van der Waals surface area contributed by atoms with E-state index >= 15 is 0 Å². The van der Waals surface area contributed by atoms with E-state index in [-0.39, 0.29) is 17.3 Å². The summed E-state index contributed by atoms with van der Waals surface area (Å²) in [6.45, 7) is 2.25. The summed E-state index contributed by atoms with van der Waals surface area (Å²) in [6, 6.07) is 3.70. The lowest BCUT2D eigenvalue weighted by Crippen LogP contribution is -2.45. The number of phenols is 1. The number of aliphatic hydroxyl groups is 1. The molecule has 4 rings (SSSR count). The highest BCUT2D eigenvalue weighted by Crippen LogP contribution is 2.61. The first-order valence-corrected chi connectivity index (χ1v) is 8.85. The van der Waals surface area contributed by atoms with Crippen LogP contribution in [0.5, 0.6) is 11.5 Å². The van der Waals surface area contributed by atoms with Crippen LogP contribution in [0.4, 0.5) is 0 Å². The molecule has 0 bridgehead atoms. The molecule has 1 aromatic rings. The topological polar surface area (TPSA) is 88.1 Å². The van der Waals surface area contributed by atoms with Gasteiger partial charge in [0, 0.05) is 5.56 Å². The number of hydrogen-bond acceptors (Lipinski definition) is 5. The van der Waals surface area contributed by atoms with Crippen molar-refractivity contribution in [3.8, 4) is 11.5 Å². The lowest BCUT2D eigenvalue weighted by atomic mass is 9.55. The molecule has 4 N–H and O–H groups in total. The van der Waals surface area contributed by atoms with Crippen LogP contribution in [-0.4, -0.2) is 29.1 Å². The molecule has 0 unspecified atom stereocenters. The van der Waals surface area contributed by atoms with Gasteiger partial charge in [0.1, 0.15) is 0 Å². The fourth-order valence-electron chi connectivity index (χ4n) is 5.69. The average Bonchev–Trinajstić information content (AvgIpc) is 2.89. The third-order valence-corrected chi connectivity index (χ3v) is 7.03. The summed E-state index contributed by atoms with van der Waals surface area (Å²) in [5.74, 6) is 7.69. The van der Waals surface area contributed by atoms with Crippen LogP contribution in [0.2, 0.25) is 0 Å². The summed E-state index contributed by atoms with van der Waals surface area (Å²) in [5, 5.41) is 24.7. The number of fused-ring (bicyclic) bond motifs is 5. The van der Waals surface area contributed by atoms with Crippen molar-refractivity contribution >= 4 is 5.71 Å². The molecule has 130 valence electrons. The minimum absolute atomic E-state index is 0.0133. The number of phenolic OH excluding ortho intramolecular Hbond substituents is 1. The fourth-order valence-corrected chi connectivity index (χ4v) is 5.69. The molecule has 5 atom stereocenters. The molecular weight excluding hydrogens is 304 g/mol. The van der Waals surface area contributed by atoms with E-state index in [1.54, 1.807) is 13.2 Å². The summed E-state index contributed by atoms with van der Waals surface area (Å²) in [5.41, 5.74) is 3.02. The Morgan fingerprint density at radius 1 is 1.29 bits per heavy atom. The predicted molar refractivity (Wildman–Crippen MR) is 92.3 cm³/mol. The Kier molecular flexibility index (Phi) is 3.53. The van der Waals surface area contributed by atoms with Crippen molar-refractivity contribution in [3.63, 3.8) is 0 Å². The van der Waals surface area contributed by atoms with Crippen molar-refractivity contribution < 1.29 is 14.9 Å². The van der Waals surface area contributed by atoms with Crippen molar-refractivity contribution in [2.75, 3.05) is 7.11 Å². The monoisotopic (exact) mass is 330 g/mol. The molecule has 2 fully saturated rings. The first-order valence-electron chi connectivity index (χ1n) is 8.85. The average molecular weight is 330 g/mol. The standard InChI is InChI=1S/C19H26N2O3/c1-19-6-5-10-11-9-17(24-2)16(22)8-13(11)15(21-20)7-12(10)14(19)3-4-18(19)23/h8-10,12,14,18,22-23H,3-7,20H2,1-2H3/b21-15+/t10-,12-,14+,18+,19+/m1/s1. The number of hydrogen-bond donors (Lipinski definition) is 3. The molecule has 0 radical (unpaired) electrons. The molecule has 1 aromatic carbocycles. The molecule has 5 nitrogen and oxygen atoms in total. The van der Waals surface area contributed by atoms with Gasteiger partial charge in [0.2, 0.25) is 0 Å². The zero-order valence-electron chi connectivity index (χ0n) is 14.3. The molecule has 2 saturated carbocycles. The Balaban J connectivity index is 1.81. The van der Waals surface area contributed by atoms with Crippen LogP contribution in [0.3, 0.4) is 0 Å². The highest BCUT2D eigenvalue weighted by Gasteiger charge is 2.55. The first kappa shape index (κ1) is 15.8. The molecule has 0 spiro atoms. The smallest absolute Gasteiger partial charge is 0.160 e. The maximum absolute atomic E-state index is 10.5. The van der Waals surface area contributed by atoms with Gasteiger partial charge in [-0.25, -0.2) is 0 Å². The minimum Gasteiger partial charge on any atom is -0.504 e. The number of nitrogens with zero attached hydrogens (tertiary/aromatic N) is 1. The van der Waals surface area contributed by atoms with Gasteiger partial charge in [0.05, 0.1) is 18.9 Å². The maximum atomic E-state index is 10.5. The van der Waals surface area contributed by atoms with E-state index in [9.17, 15) is 10.2 Å². The quantitative estimate of drug-likeness (QED) is 0.546. The van der Waals surface area contributed by atoms with Crippen LogP contribution < -0.4 is 10.6 Å². The van der Waals surface area contributed by atoms with Crippen LogP contribution in [0.1, 0.15) is 56.1 Å². The van der Waals surface area contributed by atoms with Gasteiger partial charge in [-0.3, -0.25) is 0 Å². The normalized spacial score (nSPS) is 39.2. The highest BCUT2D eigenvalue weighted by atomic mass is 16.5. The van der Waals surface area contributed by atoms with Gasteiger partial charge in [-0.15, -0.1) is 0 Å². The van der Waals surface area contributed by atoms with E-state index in [0.717, 1.165) is 43.4 Å². The molecule has 24 heavy (non-hydrogen) atoms. The summed E-state index contributed by atoms with van der Waals surface area (Å²) in [6.07, 6.45) is 4.68. The van der Waals surface area contributed by atoms with E-state index in [2.05, 4.69) is 12.0 Å². The van der Waals surface area contributed by atoms with E-state index in [4.69, 9.17) is 10.6 Å². The number of ether oxygens (including phenoxy) is 1. The third kappa shape index (κ3) is 2.00. The van der Waals surface area contributed by atoms with Crippen molar-refractivity contribution in [1.82, 2.24) is 0 Å². The number of hydrazone groups is 1. The number of rotatable bonds is 1. The van der Waals surface area contributed by atoms with Crippen LogP contribution >= 0.6 is 0 Å². The van der Waals surface area contributed by atoms with Gasteiger partial charge in [-0.1, -0.05) is 6.92 Å². The molecule has 5 heteroatoms. The molecule has 0 aromatic heterocycles. The van der Waals surface area contributed by atoms with E-state index in [1.165, 1.54) is 5.56 Å². The lowest BCUT2D eigenvalue weighted by Gasteiger charge is -2.50. The van der Waals surface area contributed by atoms with E-state index < -0.39 is 0 Å². The van der Waals surface area contributed by atoms with Gasteiger partial charge < -0.3 is 20.8 Å². The van der Waals surface area contributed by atoms with Crippen LogP contribution in [0.15, 0.2) is 17.2 Å². The molecule has 0 amide bonds. The Hall–Kier alpha value is -1.75.